The van der Waals surface area contributed by atoms with Crippen LogP contribution in [0.5, 0.6) is 0 Å². The van der Waals surface area contributed by atoms with Crippen LogP contribution in [-0.2, 0) is 72.0 Å². The summed E-state index contributed by atoms with van der Waals surface area (Å²) in [6.07, 6.45) is 0. The third kappa shape index (κ3) is 19.8. The van der Waals surface area contributed by atoms with Crippen LogP contribution >= 0.6 is 0 Å². The van der Waals surface area contributed by atoms with Crippen molar-refractivity contribution in [3.8, 4) is 0 Å². The van der Waals surface area contributed by atoms with Gasteiger partial charge >= 0.3 is 0 Å². The molecular formula is CrFeGaMoNi. The fourth-order valence-corrected chi connectivity index (χ4v) is 0. The second-order valence-corrected chi connectivity index (χ2v) is 0. The molecule has 0 saturated carbocycles. The van der Waals surface area contributed by atoms with Gasteiger partial charge in [-0.2, -0.15) is 0 Å². The molecule has 0 rings (SSSR count). The smallest absolute Gasteiger partial charge is 0 e. The molecule has 3 radical (unpaired) electrons. The van der Waals surface area contributed by atoms with Crippen LogP contribution in [0.2, 0.25) is 0 Å². The van der Waals surface area contributed by atoms with Gasteiger partial charge in [-0.3, -0.25) is 0 Å². The van der Waals surface area contributed by atoms with Gasteiger partial charge in [0.2, 0.25) is 0 Å². The maximum atomic E-state index is 0. The Morgan fingerprint density at radius 2 is 1.00 bits per heavy atom. The average molecular weight is 332 g/mol. The molecule has 0 spiro atoms. The Morgan fingerprint density at radius 1 is 1.00 bits per heavy atom. The molecule has 0 saturated heterocycles. The second-order valence-electron chi connectivity index (χ2n) is 0. The van der Waals surface area contributed by atoms with Crippen molar-refractivity contribution in [1.82, 2.24) is 0 Å². The van der Waals surface area contributed by atoms with Gasteiger partial charge in [-0.1, -0.05) is 0 Å². The zero-order valence-electron chi connectivity index (χ0n) is 2.06. The first-order valence-electron chi connectivity index (χ1n) is 0. The minimum Gasteiger partial charge on any atom is 0 e. The van der Waals surface area contributed by atoms with Gasteiger partial charge in [-0.25, -0.2) is 0 Å². The summed E-state index contributed by atoms with van der Waals surface area (Å²) in [7, 11) is 0. The van der Waals surface area contributed by atoms with E-state index in [2.05, 4.69) is 0 Å². The number of hydrogen-bond acceptors (Lipinski definition) is 0. The van der Waals surface area contributed by atoms with E-state index in [1.807, 2.05) is 0 Å². The van der Waals surface area contributed by atoms with E-state index in [0.717, 1.165) is 0 Å². The molecule has 0 unspecified atom stereocenters. The first-order chi connectivity index (χ1) is 0. The molecule has 0 atom stereocenters. The van der Waals surface area contributed by atoms with Gasteiger partial charge in [0, 0.05) is 91.8 Å². The first kappa shape index (κ1) is 45.1. The molecule has 5 heavy (non-hydrogen) atoms. The molecule has 0 heterocycles. The Kier molecular flexibility index (Phi) is 259. The predicted octanol–water partition coefficient (Wildman–Crippen LogP) is -0.391. The molecule has 0 fully saturated rings. The van der Waals surface area contributed by atoms with Crippen molar-refractivity contribution >= 4 is 19.8 Å². The third-order valence-electron chi connectivity index (χ3n) is 0. The quantitative estimate of drug-likeness (QED) is 0.530. The summed E-state index contributed by atoms with van der Waals surface area (Å²) in [5.41, 5.74) is 0. The van der Waals surface area contributed by atoms with Gasteiger partial charge in [0.1, 0.15) is 0 Å². The maximum Gasteiger partial charge on any atom is 0 e. The maximum absolute atomic E-state index is 0. The Balaban J connectivity index is 0. The Labute approximate surface area is 90.5 Å². The van der Waals surface area contributed by atoms with Crippen molar-refractivity contribution in [1.29, 1.82) is 0 Å². The molecule has 0 aromatic rings. The van der Waals surface area contributed by atoms with Crippen molar-refractivity contribution in [2.45, 2.75) is 0 Å². The van der Waals surface area contributed by atoms with Gasteiger partial charge in [0.05, 0.1) is 0 Å². The van der Waals surface area contributed by atoms with Crippen LogP contribution in [0.25, 0.3) is 0 Å². The van der Waals surface area contributed by atoms with Crippen LogP contribution in [0.15, 0.2) is 0 Å². The van der Waals surface area contributed by atoms with E-state index in [1.165, 1.54) is 0 Å². The van der Waals surface area contributed by atoms with Crippen LogP contribution < -0.4 is 0 Å². The van der Waals surface area contributed by atoms with Gasteiger partial charge < -0.3 is 0 Å². The van der Waals surface area contributed by atoms with Gasteiger partial charge in [0.25, 0.3) is 0 Å². The Bertz CT molecular complexity index is 11.6. The van der Waals surface area contributed by atoms with Crippen molar-refractivity contribution in [3.05, 3.63) is 0 Å². The van der Waals surface area contributed by atoms with E-state index in [-0.39, 0.29) is 91.8 Å². The summed E-state index contributed by atoms with van der Waals surface area (Å²) in [5, 5.41) is 0. The first-order valence-corrected chi connectivity index (χ1v) is 0. The summed E-state index contributed by atoms with van der Waals surface area (Å²) in [5.74, 6) is 0. The summed E-state index contributed by atoms with van der Waals surface area (Å²) >= 11 is 0. The third-order valence-corrected chi connectivity index (χ3v) is 0. The molecule has 33 valence electrons. The minimum atomic E-state index is 0. The molecule has 0 nitrogen and oxygen atoms in total. The second kappa shape index (κ2) is 28.7. The molecule has 5 heteroatoms. The van der Waals surface area contributed by atoms with Crippen LogP contribution in [0, 0.1) is 0 Å². The average Bonchev–Trinajstić information content (AvgIpc) is 0. The van der Waals surface area contributed by atoms with Crippen molar-refractivity contribution in [2.75, 3.05) is 0 Å². The van der Waals surface area contributed by atoms with Crippen LogP contribution in [0.3, 0.4) is 0 Å². The summed E-state index contributed by atoms with van der Waals surface area (Å²) < 4.78 is 0. The standard InChI is InChI=1S/Cr.Fe.Ga.Mo.Ni. The molecule has 0 aliphatic heterocycles. The van der Waals surface area contributed by atoms with E-state index in [0.29, 0.717) is 0 Å². The zero-order valence-corrected chi connectivity index (χ0v) is 9.86. The minimum absolute atomic E-state index is 0. The molecule has 0 N–H and O–H groups in total. The van der Waals surface area contributed by atoms with Crippen molar-refractivity contribution < 1.29 is 72.0 Å². The molecule has 0 bridgehead atoms. The Hall–Kier alpha value is 2.87. The Morgan fingerprint density at radius 3 is 1.00 bits per heavy atom. The normalized spacial score (nSPS) is 0. The summed E-state index contributed by atoms with van der Waals surface area (Å²) in [6.45, 7) is 0. The molecule has 0 aromatic carbocycles. The topological polar surface area (TPSA) is 0 Å². The predicted molar refractivity (Wildman–Crippen MR) is 5.75 cm³/mol. The van der Waals surface area contributed by atoms with E-state index >= 15 is 0 Å². The monoisotopic (exact) mass is 333 g/mol. The largest absolute Gasteiger partial charge is 0 e. The van der Waals surface area contributed by atoms with Gasteiger partial charge in [-0.15, -0.1) is 0 Å². The molecule has 0 amide bonds. The van der Waals surface area contributed by atoms with Crippen LogP contribution in [0.4, 0.5) is 0 Å². The van der Waals surface area contributed by atoms with E-state index < -0.39 is 0 Å². The molecule has 0 aliphatic carbocycles. The fraction of sp³-hybridized carbons (Fsp3) is 0. The number of hydrogen-bond donors (Lipinski definition) is 0. The van der Waals surface area contributed by atoms with Crippen LogP contribution in [0.1, 0.15) is 0 Å². The fourth-order valence-electron chi connectivity index (χ4n) is 0. The van der Waals surface area contributed by atoms with Gasteiger partial charge in [-0.05, 0) is 0 Å². The van der Waals surface area contributed by atoms with E-state index in [9.17, 15) is 0 Å². The van der Waals surface area contributed by atoms with Crippen molar-refractivity contribution in [3.63, 3.8) is 0 Å². The SMILES string of the molecule is [Cr].[Fe].[Ga].[Mo].[Ni]. The van der Waals surface area contributed by atoms with Crippen LogP contribution in [-0.4, -0.2) is 19.8 Å². The van der Waals surface area contributed by atoms with Gasteiger partial charge in [0.15, 0.2) is 0 Å². The molecule has 0 aromatic heterocycles. The molecule has 0 aliphatic rings. The van der Waals surface area contributed by atoms with Crippen molar-refractivity contribution in [2.24, 2.45) is 0 Å². The summed E-state index contributed by atoms with van der Waals surface area (Å²) in [4.78, 5) is 0. The number of rotatable bonds is 0. The zero-order chi connectivity index (χ0) is 0. The van der Waals surface area contributed by atoms with E-state index in [4.69, 9.17) is 0 Å². The van der Waals surface area contributed by atoms with E-state index in [1.54, 1.807) is 0 Å². The summed E-state index contributed by atoms with van der Waals surface area (Å²) in [6, 6.07) is 0. The molecular weight excluding hydrogens is 332 g/mol.